The van der Waals surface area contributed by atoms with Crippen molar-refractivity contribution >= 4 is 0 Å². The van der Waals surface area contributed by atoms with Crippen LogP contribution in [0.3, 0.4) is 0 Å². The third kappa shape index (κ3) is 4.42. The molecule has 2 atom stereocenters. The molecule has 16 heavy (non-hydrogen) atoms. The highest BCUT2D eigenvalue weighted by molar-refractivity contribution is 4.77. The van der Waals surface area contributed by atoms with Crippen molar-refractivity contribution in [3.8, 4) is 0 Å². The Labute approximate surface area is 102 Å². The van der Waals surface area contributed by atoms with E-state index in [-0.39, 0.29) is 0 Å². The molecule has 1 fully saturated rings. The van der Waals surface area contributed by atoms with Gasteiger partial charge in [-0.25, -0.2) is 0 Å². The molecule has 0 spiro atoms. The molecule has 2 heteroatoms. The molecular weight excluding hydrogens is 196 g/mol. The lowest BCUT2D eigenvalue weighted by atomic mass is 10.00. The number of nitrogens with one attached hydrogen (secondary N) is 1. The summed E-state index contributed by atoms with van der Waals surface area (Å²) in [6.07, 6.45) is 7.02. The molecular formula is C14H30N2. The van der Waals surface area contributed by atoms with Gasteiger partial charge in [-0.1, -0.05) is 19.8 Å². The highest BCUT2D eigenvalue weighted by Crippen LogP contribution is 2.27. The van der Waals surface area contributed by atoms with Crippen molar-refractivity contribution < 1.29 is 0 Å². The van der Waals surface area contributed by atoms with Gasteiger partial charge in [0.1, 0.15) is 0 Å². The van der Waals surface area contributed by atoms with Crippen LogP contribution < -0.4 is 5.32 Å². The van der Waals surface area contributed by atoms with Crippen molar-refractivity contribution in [2.75, 3.05) is 20.1 Å². The first kappa shape index (κ1) is 14.0. The average Bonchev–Trinajstić information content (AvgIpc) is 2.81. The third-order valence-electron chi connectivity index (χ3n) is 4.38. The fraction of sp³-hybridized carbons (Fsp3) is 1.00. The Kier molecular flexibility index (Phi) is 6.37. The Morgan fingerprint density at radius 1 is 1.25 bits per heavy atom. The van der Waals surface area contributed by atoms with Gasteiger partial charge in [-0.05, 0) is 46.1 Å². The predicted octanol–water partition coefficient (Wildman–Crippen LogP) is 2.89. The molecule has 1 aliphatic rings. The molecule has 2 unspecified atom stereocenters. The summed E-state index contributed by atoms with van der Waals surface area (Å²) in [4.78, 5) is 2.45. The fourth-order valence-corrected chi connectivity index (χ4v) is 2.62. The van der Waals surface area contributed by atoms with E-state index in [2.05, 4.69) is 38.0 Å². The minimum atomic E-state index is 0.712. The number of hydrogen-bond donors (Lipinski definition) is 1. The summed E-state index contributed by atoms with van der Waals surface area (Å²) in [5.41, 5.74) is 0. The molecule has 0 radical (unpaired) electrons. The summed E-state index contributed by atoms with van der Waals surface area (Å²) in [7, 11) is 2.23. The summed E-state index contributed by atoms with van der Waals surface area (Å²) < 4.78 is 0. The van der Waals surface area contributed by atoms with Gasteiger partial charge in [-0.3, -0.25) is 0 Å². The standard InChI is InChI=1S/C14H30N2/c1-5-12(2)16(4)11-10-15-13(3)14-8-6-7-9-14/h12-15H,5-11H2,1-4H3. The molecule has 0 aromatic rings. The lowest BCUT2D eigenvalue weighted by molar-refractivity contribution is 0.243. The smallest absolute Gasteiger partial charge is 0.0107 e. The second kappa shape index (κ2) is 7.29. The highest BCUT2D eigenvalue weighted by atomic mass is 15.1. The molecule has 0 bridgehead atoms. The van der Waals surface area contributed by atoms with Crippen LogP contribution in [0.15, 0.2) is 0 Å². The zero-order chi connectivity index (χ0) is 12.0. The van der Waals surface area contributed by atoms with Crippen LogP contribution in [0, 0.1) is 5.92 Å². The van der Waals surface area contributed by atoms with Gasteiger partial charge >= 0.3 is 0 Å². The molecule has 1 aliphatic carbocycles. The average molecular weight is 226 g/mol. The van der Waals surface area contributed by atoms with Crippen molar-refractivity contribution in [1.29, 1.82) is 0 Å². The molecule has 0 aliphatic heterocycles. The van der Waals surface area contributed by atoms with E-state index in [9.17, 15) is 0 Å². The van der Waals surface area contributed by atoms with E-state index in [1.807, 2.05) is 0 Å². The van der Waals surface area contributed by atoms with Crippen LogP contribution in [0.25, 0.3) is 0 Å². The van der Waals surface area contributed by atoms with Gasteiger partial charge in [0.25, 0.3) is 0 Å². The van der Waals surface area contributed by atoms with Crippen LogP contribution in [0.5, 0.6) is 0 Å². The Morgan fingerprint density at radius 2 is 1.88 bits per heavy atom. The third-order valence-corrected chi connectivity index (χ3v) is 4.38. The maximum absolute atomic E-state index is 3.69. The van der Waals surface area contributed by atoms with Gasteiger partial charge in [-0.15, -0.1) is 0 Å². The lowest BCUT2D eigenvalue weighted by Gasteiger charge is -2.26. The molecule has 96 valence electrons. The Morgan fingerprint density at radius 3 is 2.44 bits per heavy atom. The zero-order valence-corrected chi connectivity index (χ0v) is 11.6. The summed E-state index contributed by atoms with van der Waals surface area (Å²) in [6, 6.07) is 1.43. The van der Waals surface area contributed by atoms with Crippen molar-refractivity contribution in [3.63, 3.8) is 0 Å². The van der Waals surface area contributed by atoms with E-state index in [1.165, 1.54) is 38.6 Å². The van der Waals surface area contributed by atoms with Crippen molar-refractivity contribution in [2.24, 2.45) is 5.92 Å². The summed E-state index contributed by atoms with van der Waals surface area (Å²) in [5, 5.41) is 3.69. The van der Waals surface area contributed by atoms with E-state index >= 15 is 0 Å². The number of likely N-dealkylation sites (N-methyl/N-ethyl adjacent to an activating group) is 1. The first-order valence-corrected chi connectivity index (χ1v) is 7.08. The maximum atomic E-state index is 3.69. The van der Waals surface area contributed by atoms with E-state index in [0.717, 1.165) is 12.5 Å². The molecule has 0 saturated heterocycles. The van der Waals surface area contributed by atoms with Crippen molar-refractivity contribution in [2.45, 2.75) is 65.0 Å². The molecule has 0 aromatic heterocycles. The van der Waals surface area contributed by atoms with Crippen LogP contribution in [-0.2, 0) is 0 Å². The van der Waals surface area contributed by atoms with E-state index in [4.69, 9.17) is 0 Å². The molecule has 0 heterocycles. The van der Waals surface area contributed by atoms with Crippen molar-refractivity contribution in [3.05, 3.63) is 0 Å². The van der Waals surface area contributed by atoms with E-state index in [1.54, 1.807) is 0 Å². The monoisotopic (exact) mass is 226 g/mol. The Balaban J connectivity index is 2.09. The minimum absolute atomic E-state index is 0.712. The molecule has 0 amide bonds. The van der Waals surface area contributed by atoms with Crippen molar-refractivity contribution in [1.82, 2.24) is 10.2 Å². The number of nitrogens with zero attached hydrogens (tertiary/aromatic N) is 1. The molecule has 2 nitrogen and oxygen atoms in total. The van der Waals surface area contributed by atoms with Crippen LogP contribution in [0.1, 0.15) is 52.9 Å². The first-order valence-electron chi connectivity index (χ1n) is 7.08. The maximum Gasteiger partial charge on any atom is 0.0107 e. The normalized spacial score (nSPS) is 21.6. The molecule has 0 aromatic carbocycles. The molecule has 1 saturated carbocycles. The van der Waals surface area contributed by atoms with Crippen LogP contribution in [0.4, 0.5) is 0 Å². The van der Waals surface area contributed by atoms with Gasteiger partial charge < -0.3 is 10.2 Å². The lowest BCUT2D eigenvalue weighted by Crippen LogP contribution is -2.40. The largest absolute Gasteiger partial charge is 0.313 e. The second-order valence-corrected chi connectivity index (χ2v) is 5.53. The summed E-state index contributed by atoms with van der Waals surface area (Å²) in [5.74, 6) is 0.939. The predicted molar refractivity (Wildman–Crippen MR) is 71.8 cm³/mol. The number of hydrogen-bond acceptors (Lipinski definition) is 2. The molecule has 1 N–H and O–H groups in total. The van der Waals surface area contributed by atoms with Crippen LogP contribution in [0.2, 0.25) is 0 Å². The van der Waals surface area contributed by atoms with Gasteiger partial charge in [0, 0.05) is 25.2 Å². The van der Waals surface area contributed by atoms with Gasteiger partial charge in [0.05, 0.1) is 0 Å². The van der Waals surface area contributed by atoms with Gasteiger partial charge in [0.15, 0.2) is 0 Å². The van der Waals surface area contributed by atoms with Crippen LogP contribution in [-0.4, -0.2) is 37.1 Å². The zero-order valence-electron chi connectivity index (χ0n) is 11.6. The summed E-state index contributed by atoms with van der Waals surface area (Å²) >= 11 is 0. The topological polar surface area (TPSA) is 15.3 Å². The number of rotatable bonds is 7. The second-order valence-electron chi connectivity index (χ2n) is 5.53. The molecule has 1 rings (SSSR count). The Bertz CT molecular complexity index is 176. The van der Waals surface area contributed by atoms with Gasteiger partial charge in [0.2, 0.25) is 0 Å². The summed E-state index contributed by atoms with van der Waals surface area (Å²) in [6.45, 7) is 9.24. The fourth-order valence-electron chi connectivity index (χ4n) is 2.62. The minimum Gasteiger partial charge on any atom is -0.313 e. The van der Waals surface area contributed by atoms with Crippen LogP contribution >= 0.6 is 0 Å². The Hall–Kier alpha value is -0.0800. The SMILES string of the molecule is CCC(C)N(C)CCNC(C)C1CCCC1. The highest BCUT2D eigenvalue weighted by Gasteiger charge is 2.20. The quantitative estimate of drug-likeness (QED) is 0.718. The first-order chi connectivity index (χ1) is 7.65. The van der Waals surface area contributed by atoms with E-state index in [0.29, 0.717) is 12.1 Å². The van der Waals surface area contributed by atoms with Gasteiger partial charge in [-0.2, -0.15) is 0 Å². The van der Waals surface area contributed by atoms with E-state index < -0.39 is 0 Å².